The third kappa shape index (κ3) is 3.26. The molecule has 0 unspecified atom stereocenters. The van der Waals surface area contributed by atoms with Gasteiger partial charge in [-0.25, -0.2) is 4.98 Å². The Morgan fingerprint density at radius 1 is 1.19 bits per heavy atom. The van der Waals surface area contributed by atoms with Gasteiger partial charge in [0.25, 0.3) is 5.91 Å². The van der Waals surface area contributed by atoms with Crippen LogP contribution in [0, 0.1) is 6.92 Å². The molecule has 0 spiro atoms. The zero-order chi connectivity index (χ0) is 17.9. The van der Waals surface area contributed by atoms with Gasteiger partial charge in [-0.1, -0.05) is 42.0 Å². The number of benzene rings is 2. The predicted octanol–water partition coefficient (Wildman–Crippen LogP) is 3.39. The molecule has 2 heterocycles. The fraction of sp³-hybridized carbons (Fsp3) is 0.238. The molecule has 4 rings (SSSR count). The number of amides is 1. The minimum absolute atomic E-state index is 0.0293. The Morgan fingerprint density at radius 3 is 2.81 bits per heavy atom. The average Bonchev–Trinajstić information content (AvgIpc) is 3.23. The molecule has 2 aromatic carbocycles. The van der Waals surface area contributed by atoms with Crippen LogP contribution in [0.1, 0.15) is 27.6 Å². The molecule has 3 aromatic rings. The highest BCUT2D eigenvalue weighted by Gasteiger charge is 2.27. The molecule has 0 radical (unpaired) electrons. The summed E-state index contributed by atoms with van der Waals surface area (Å²) in [4.78, 5) is 19.3. The first kappa shape index (κ1) is 16.5. The van der Waals surface area contributed by atoms with Crippen LogP contribution in [0.15, 0.2) is 67.3 Å². The Balaban J connectivity index is 1.62. The molecule has 5 heteroatoms. The van der Waals surface area contributed by atoms with Gasteiger partial charge in [0, 0.05) is 18.9 Å². The van der Waals surface area contributed by atoms with Crippen molar-refractivity contribution in [2.24, 2.45) is 0 Å². The number of nitrogens with zero attached hydrogens (tertiary/aromatic N) is 3. The lowest BCUT2D eigenvalue weighted by atomic mass is 10.0. The number of imidazole rings is 1. The van der Waals surface area contributed by atoms with E-state index in [1.807, 2.05) is 71.1 Å². The number of hydrogen-bond acceptors (Lipinski definition) is 3. The van der Waals surface area contributed by atoms with Gasteiger partial charge in [-0.2, -0.15) is 0 Å². The highest BCUT2D eigenvalue weighted by atomic mass is 16.5. The SMILES string of the molecule is Cc1ccc(-n2ccnc2)c(C(=O)N2CCO[C@H](c3ccccc3)C2)c1. The van der Waals surface area contributed by atoms with E-state index in [1.165, 1.54) is 0 Å². The number of aromatic nitrogens is 2. The van der Waals surface area contributed by atoms with E-state index >= 15 is 0 Å². The van der Waals surface area contributed by atoms with Crippen LogP contribution in [-0.4, -0.2) is 40.1 Å². The Bertz CT molecular complexity index is 891. The summed E-state index contributed by atoms with van der Waals surface area (Å²) < 4.78 is 7.77. The van der Waals surface area contributed by atoms with Crippen molar-refractivity contribution in [3.05, 3.63) is 83.9 Å². The lowest BCUT2D eigenvalue weighted by molar-refractivity contribution is -0.0228. The molecule has 1 aromatic heterocycles. The van der Waals surface area contributed by atoms with Crippen molar-refractivity contribution in [1.82, 2.24) is 14.5 Å². The van der Waals surface area contributed by atoms with E-state index < -0.39 is 0 Å². The lowest BCUT2D eigenvalue weighted by Gasteiger charge is -2.33. The fourth-order valence-electron chi connectivity index (χ4n) is 3.32. The van der Waals surface area contributed by atoms with Crippen LogP contribution >= 0.6 is 0 Å². The molecule has 26 heavy (non-hydrogen) atoms. The number of morpholine rings is 1. The second-order valence-corrected chi connectivity index (χ2v) is 6.51. The Labute approximate surface area is 152 Å². The van der Waals surface area contributed by atoms with Gasteiger partial charge in [-0.15, -0.1) is 0 Å². The first-order valence-corrected chi connectivity index (χ1v) is 8.77. The van der Waals surface area contributed by atoms with Crippen LogP contribution in [0.4, 0.5) is 0 Å². The van der Waals surface area contributed by atoms with Gasteiger partial charge >= 0.3 is 0 Å². The number of hydrogen-bond donors (Lipinski definition) is 0. The summed E-state index contributed by atoms with van der Waals surface area (Å²) in [7, 11) is 0. The molecular formula is C21H21N3O2. The van der Waals surface area contributed by atoms with Crippen LogP contribution in [-0.2, 0) is 4.74 Å². The number of carbonyl (C=O) groups is 1. The summed E-state index contributed by atoms with van der Waals surface area (Å²) in [5, 5.41) is 0. The second kappa shape index (κ2) is 7.14. The summed E-state index contributed by atoms with van der Waals surface area (Å²) in [5.74, 6) is 0.0293. The predicted molar refractivity (Wildman–Crippen MR) is 99.3 cm³/mol. The average molecular weight is 347 g/mol. The van der Waals surface area contributed by atoms with Gasteiger partial charge in [0.2, 0.25) is 0 Å². The molecule has 1 fully saturated rings. The molecule has 0 N–H and O–H groups in total. The molecule has 1 saturated heterocycles. The van der Waals surface area contributed by atoms with Gasteiger partial charge in [0.1, 0.15) is 6.10 Å². The third-order valence-corrected chi connectivity index (χ3v) is 4.69. The van der Waals surface area contributed by atoms with E-state index in [9.17, 15) is 4.79 Å². The maximum absolute atomic E-state index is 13.3. The van der Waals surface area contributed by atoms with Gasteiger partial charge < -0.3 is 14.2 Å². The fourth-order valence-corrected chi connectivity index (χ4v) is 3.32. The quantitative estimate of drug-likeness (QED) is 0.730. The topological polar surface area (TPSA) is 47.4 Å². The number of carbonyl (C=O) groups excluding carboxylic acids is 1. The summed E-state index contributed by atoms with van der Waals surface area (Å²) in [5.41, 5.74) is 3.70. The van der Waals surface area contributed by atoms with Gasteiger partial charge in [-0.05, 0) is 24.6 Å². The third-order valence-electron chi connectivity index (χ3n) is 4.69. The highest BCUT2D eigenvalue weighted by Crippen LogP contribution is 2.25. The molecule has 132 valence electrons. The number of aryl methyl sites for hydroxylation is 1. The number of ether oxygens (including phenoxy) is 1. The van der Waals surface area contributed by atoms with E-state index in [2.05, 4.69) is 4.98 Å². The maximum atomic E-state index is 13.3. The minimum Gasteiger partial charge on any atom is -0.370 e. The molecule has 1 atom stereocenters. The van der Waals surface area contributed by atoms with Crippen molar-refractivity contribution in [2.75, 3.05) is 19.7 Å². The molecule has 0 bridgehead atoms. The molecular weight excluding hydrogens is 326 g/mol. The Hall–Kier alpha value is -2.92. The van der Waals surface area contributed by atoms with E-state index in [0.717, 1.165) is 16.8 Å². The Kier molecular flexibility index (Phi) is 4.54. The zero-order valence-corrected chi connectivity index (χ0v) is 14.7. The van der Waals surface area contributed by atoms with E-state index in [4.69, 9.17) is 4.74 Å². The highest BCUT2D eigenvalue weighted by molar-refractivity contribution is 5.98. The number of rotatable bonds is 3. The standard InChI is InChI=1S/C21H21N3O2/c1-16-7-8-19(24-10-9-22-15-24)18(13-16)21(25)23-11-12-26-20(14-23)17-5-3-2-4-6-17/h2-10,13,15,20H,11-12,14H2,1H3/t20-/m0/s1. The molecule has 1 aliphatic rings. The van der Waals surface area contributed by atoms with Gasteiger partial charge in [0.15, 0.2) is 0 Å². The Morgan fingerprint density at radius 2 is 2.04 bits per heavy atom. The van der Waals surface area contributed by atoms with E-state index in [-0.39, 0.29) is 12.0 Å². The zero-order valence-electron chi connectivity index (χ0n) is 14.7. The van der Waals surface area contributed by atoms with Crippen LogP contribution in [0.2, 0.25) is 0 Å². The summed E-state index contributed by atoms with van der Waals surface area (Å²) in [6.07, 6.45) is 5.20. The second-order valence-electron chi connectivity index (χ2n) is 6.51. The van der Waals surface area contributed by atoms with Crippen molar-refractivity contribution in [2.45, 2.75) is 13.0 Å². The van der Waals surface area contributed by atoms with Crippen LogP contribution in [0.25, 0.3) is 5.69 Å². The van der Waals surface area contributed by atoms with Gasteiger partial charge in [-0.3, -0.25) is 4.79 Å². The van der Waals surface area contributed by atoms with E-state index in [0.29, 0.717) is 25.3 Å². The molecule has 1 aliphatic heterocycles. The van der Waals surface area contributed by atoms with E-state index in [1.54, 1.807) is 12.5 Å². The van der Waals surface area contributed by atoms with Gasteiger partial charge in [0.05, 0.1) is 30.7 Å². The maximum Gasteiger partial charge on any atom is 0.256 e. The molecule has 5 nitrogen and oxygen atoms in total. The molecule has 0 saturated carbocycles. The van der Waals surface area contributed by atoms with Crippen LogP contribution < -0.4 is 0 Å². The molecule has 1 amide bonds. The summed E-state index contributed by atoms with van der Waals surface area (Å²) >= 11 is 0. The summed E-state index contributed by atoms with van der Waals surface area (Å²) in [6, 6.07) is 16.0. The summed E-state index contributed by atoms with van der Waals surface area (Å²) in [6.45, 7) is 3.69. The van der Waals surface area contributed by atoms with Crippen molar-refractivity contribution >= 4 is 5.91 Å². The van der Waals surface area contributed by atoms with Crippen molar-refractivity contribution in [3.63, 3.8) is 0 Å². The minimum atomic E-state index is -0.0876. The lowest BCUT2D eigenvalue weighted by Crippen LogP contribution is -2.42. The largest absolute Gasteiger partial charge is 0.370 e. The van der Waals surface area contributed by atoms with Crippen LogP contribution in [0.3, 0.4) is 0 Å². The van der Waals surface area contributed by atoms with Crippen LogP contribution in [0.5, 0.6) is 0 Å². The first-order valence-electron chi connectivity index (χ1n) is 8.77. The monoisotopic (exact) mass is 347 g/mol. The van der Waals surface area contributed by atoms with Crippen molar-refractivity contribution in [3.8, 4) is 5.69 Å². The van der Waals surface area contributed by atoms with Crippen molar-refractivity contribution in [1.29, 1.82) is 0 Å². The van der Waals surface area contributed by atoms with Crippen molar-refractivity contribution < 1.29 is 9.53 Å². The molecule has 0 aliphatic carbocycles. The normalized spacial score (nSPS) is 17.3. The smallest absolute Gasteiger partial charge is 0.256 e. The first-order chi connectivity index (χ1) is 12.7.